The zero-order valence-electron chi connectivity index (χ0n) is 8.33. The van der Waals surface area contributed by atoms with Crippen molar-refractivity contribution in [3.05, 3.63) is 29.0 Å². The van der Waals surface area contributed by atoms with Crippen molar-refractivity contribution in [3.8, 4) is 17.1 Å². The molecule has 0 aliphatic carbocycles. The maximum Gasteiger partial charge on any atom is 0.175 e. The molecule has 0 saturated heterocycles. The molecule has 1 aromatic carbocycles. The van der Waals surface area contributed by atoms with Gasteiger partial charge in [-0.3, -0.25) is 0 Å². The third-order valence-electron chi connectivity index (χ3n) is 2.04. The third-order valence-corrected chi connectivity index (χ3v) is 2.34. The van der Waals surface area contributed by atoms with E-state index in [0.29, 0.717) is 0 Å². The van der Waals surface area contributed by atoms with E-state index in [-0.39, 0.29) is 27.9 Å². The summed E-state index contributed by atoms with van der Waals surface area (Å²) in [6.07, 6.45) is 0. The summed E-state index contributed by atoms with van der Waals surface area (Å²) in [4.78, 5) is 0. The zero-order chi connectivity index (χ0) is 11.7. The molecule has 0 spiro atoms. The molecular formula is C10H8ClFN2O2. The highest BCUT2D eigenvalue weighted by molar-refractivity contribution is 6.32. The molecule has 6 heteroatoms. The van der Waals surface area contributed by atoms with E-state index in [9.17, 15) is 4.39 Å². The standard InChI is InChI=1S/C10H8ClFN2O2/c1-15-10-5(11)2-3-6(12)9(10)7-4-8(13)14-16-7/h2-4H,1H3,(H2,13,14). The number of nitrogens with zero attached hydrogens (tertiary/aromatic N) is 1. The maximum atomic E-state index is 13.6. The highest BCUT2D eigenvalue weighted by Gasteiger charge is 2.19. The minimum absolute atomic E-state index is 0.110. The van der Waals surface area contributed by atoms with Gasteiger partial charge in [-0.1, -0.05) is 16.8 Å². The molecule has 0 aliphatic rings. The number of nitrogens with two attached hydrogens (primary N) is 1. The van der Waals surface area contributed by atoms with E-state index in [0.717, 1.165) is 0 Å². The molecular weight excluding hydrogens is 235 g/mol. The first-order chi connectivity index (χ1) is 7.63. The van der Waals surface area contributed by atoms with E-state index < -0.39 is 5.82 Å². The molecule has 84 valence electrons. The lowest BCUT2D eigenvalue weighted by atomic mass is 10.1. The fraction of sp³-hybridized carbons (Fsp3) is 0.100. The lowest BCUT2D eigenvalue weighted by Crippen LogP contribution is -1.92. The Balaban J connectivity index is 2.67. The Kier molecular flexibility index (Phi) is 2.70. The van der Waals surface area contributed by atoms with Gasteiger partial charge in [0.2, 0.25) is 0 Å². The van der Waals surface area contributed by atoms with Gasteiger partial charge in [-0.15, -0.1) is 0 Å². The van der Waals surface area contributed by atoms with Gasteiger partial charge in [0.15, 0.2) is 17.3 Å². The summed E-state index contributed by atoms with van der Waals surface area (Å²) >= 11 is 5.87. The van der Waals surface area contributed by atoms with Crippen molar-refractivity contribution in [2.24, 2.45) is 0 Å². The number of methoxy groups -OCH3 is 1. The zero-order valence-corrected chi connectivity index (χ0v) is 9.08. The summed E-state index contributed by atoms with van der Waals surface area (Å²) in [5.41, 5.74) is 5.50. The van der Waals surface area contributed by atoms with E-state index in [1.165, 1.54) is 25.3 Å². The minimum Gasteiger partial charge on any atom is -0.494 e. The Morgan fingerprint density at radius 1 is 1.50 bits per heavy atom. The second-order valence-corrected chi connectivity index (χ2v) is 3.46. The number of halogens is 2. The van der Waals surface area contributed by atoms with E-state index in [1.807, 2.05) is 0 Å². The normalized spacial score (nSPS) is 10.4. The van der Waals surface area contributed by atoms with Crippen molar-refractivity contribution in [2.45, 2.75) is 0 Å². The molecule has 2 N–H and O–H groups in total. The van der Waals surface area contributed by atoms with Gasteiger partial charge in [0.1, 0.15) is 5.82 Å². The third kappa shape index (κ3) is 1.69. The van der Waals surface area contributed by atoms with Crippen LogP contribution in [0.5, 0.6) is 5.75 Å². The Morgan fingerprint density at radius 2 is 2.25 bits per heavy atom. The number of ether oxygens (including phenoxy) is 1. The van der Waals surface area contributed by atoms with Crippen LogP contribution in [0.1, 0.15) is 0 Å². The van der Waals surface area contributed by atoms with Crippen LogP contribution in [0.15, 0.2) is 22.7 Å². The smallest absolute Gasteiger partial charge is 0.175 e. The van der Waals surface area contributed by atoms with Crippen LogP contribution < -0.4 is 10.5 Å². The molecule has 0 saturated carbocycles. The molecule has 0 fully saturated rings. The number of aromatic nitrogens is 1. The number of benzene rings is 1. The number of hydrogen-bond acceptors (Lipinski definition) is 4. The average Bonchev–Trinajstić information content (AvgIpc) is 2.67. The van der Waals surface area contributed by atoms with Crippen LogP contribution in [0.25, 0.3) is 11.3 Å². The topological polar surface area (TPSA) is 61.3 Å². The number of nitrogen functional groups attached to an aromatic ring is 1. The number of anilines is 1. The van der Waals surface area contributed by atoms with Gasteiger partial charge in [0.25, 0.3) is 0 Å². The quantitative estimate of drug-likeness (QED) is 0.880. The molecule has 0 atom stereocenters. The van der Waals surface area contributed by atoms with E-state index in [1.54, 1.807) is 0 Å². The lowest BCUT2D eigenvalue weighted by molar-refractivity contribution is 0.402. The molecule has 16 heavy (non-hydrogen) atoms. The summed E-state index contributed by atoms with van der Waals surface area (Å²) in [6.45, 7) is 0. The predicted octanol–water partition coefficient (Wildman–Crippen LogP) is 2.72. The lowest BCUT2D eigenvalue weighted by Gasteiger charge is -2.08. The molecule has 2 rings (SSSR count). The van der Waals surface area contributed by atoms with Crippen LogP contribution in [-0.4, -0.2) is 12.3 Å². The maximum absolute atomic E-state index is 13.6. The van der Waals surface area contributed by atoms with Gasteiger partial charge < -0.3 is 15.0 Å². The van der Waals surface area contributed by atoms with Gasteiger partial charge in [-0.25, -0.2) is 4.39 Å². The van der Waals surface area contributed by atoms with Crippen LogP contribution in [0.4, 0.5) is 10.2 Å². The monoisotopic (exact) mass is 242 g/mol. The Hall–Kier alpha value is -1.75. The Bertz CT molecular complexity index is 528. The van der Waals surface area contributed by atoms with Crippen molar-refractivity contribution in [2.75, 3.05) is 12.8 Å². The Labute approximate surface area is 95.7 Å². The first kappa shape index (κ1) is 10.8. The van der Waals surface area contributed by atoms with E-state index >= 15 is 0 Å². The number of rotatable bonds is 2. The van der Waals surface area contributed by atoms with Crippen molar-refractivity contribution < 1.29 is 13.7 Å². The van der Waals surface area contributed by atoms with Gasteiger partial charge in [-0.2, -0.15) is 0 Å². The van der Waals surface area contributed by atoms with E-state index in [4.69, 9.17) is 26.6 Å². The van der Waals surface area contributed by atoms with Gasteiger partial charge in [-0.05, 0) is 12.1 Å². The van der Waals surface area contributed by atoms with Gasteiger partial charge in [0.05, 0.1) is 17.7 Å². The summed E-state index contributed by atoms with van der Waals surface area (Å²) < 4.78 is 23.5. The second kappa shape index (κ2) is 4.02. The molecule has 1 aromatic heterocycles. The van der Waals surface area contributed by atoms with Crippen molar-refractivity contribution in [1.29, 1.82) is 0 Å². The molecule has 0 unspecified atom stereocenters. The van der Waals surface area contributed by atoms with Crippen LogP contribution in [0, 0.1) is 5.82 Å². The molecule has 0 aliphatic heterocycles. The average molecular weight is 243 g/mol. The van der Waals surface area contributed by atoms with Crippen molar-refractivity contribution in [1.82, 2.24) is 5.16 Å². The summed E-state index contributed by atoms with van der Waals surface area (Å²) in [5, 5.41) is 3.76. The molecule has 2 aromatic rings. The molecule has 1 heterocycles. The second-order valence-electron chi connectivity index (χ2n) is 3.05. The first-order valence-corrected chi connectivity index (χ1v) is 4.76. The van der Waals surface area contributed by atoms with Crippen LogP contribution in [0.2, 0.25) is 5.02 Å². The largest absolute Gasteiger partial charge is 0.494 e. The molecule has 4 nitrogen and oxygen atoms in total. The number of hydrogen-bond donors (Lipinski definition) is 1. The van der Waals surface area contributed by atoms with Crippen LogP contribution >= 0.6 is 11.6 Å². The molecule has 0 radical (unpaired) electrons. The highest BCUT2D eigenvalue weighted by atomic mass is 35.5. The summed E-state index contributed by atoms with van der Waals surface area (Å²) in [5.74, 6) is 0.0148. The SMILES string of the molecule is COc1c(Cl)ccc(F)c1-c1cc(N)no1. The van der Waals surface area contributed by atoms with Crippen LogP contribution in [-0.2, 0) is 0 Å². The van der Waals surface area contributed by atoms with Crippen molar-refractivity contribution in [3.63, 3.8) is 0 Å². The summed E-state index contributed by atoms with van der Waals surface area (Å²) in [7, 11) is 1.39. The fourth-order valence-electron chi connectivity index (χ4n) is 1.37. The minimum atomic E-state index is -0.516. The van der Waals surface area contributed by atoms with Gasteiger partial charge in [0, 0.05) is 6.07 Å². The Morgan fingerprint density at radius 3 is 2.81 bits per heavy atom. The molecule has 0 bridgehead atoms. The highest BCUT2D eigenvalue weighted by Crippen LogP contribution is 2.38. The predicted molar refractivity (Wildman–Crippen MR) is 57.9 cm³/mol. The van der Waals surface area contributed by atoms with E-state index in [2.05, 4.69) is 5.16 Å². The van der Waals surface area contributed by atoms with Gasteiger partial charge >= 0.3 is 0 Å². The van der Waals surface area contributed by atoms with Crippen molar-refractivity contribution >= 4 is 17.4 Å². The first-order valence-electron chi connectivity index (χ1n) is 4.38. The fourth-order valence-corrected chi connectivity index (χ4v) is 1.60. The van der Waals surface area contributed by atoms with Crippen LogP contribution in [0.3, 0.4) is 0 Å². The summed E-state index contributed by atoms with van der Waals surface area (Å²) in [6, 6.07) is 4.02. The molecule has 0 amide bonds.